The highest BCUT2D eigenvalue weighted by atomic mass is 32.1. The smallest absolute Gasteiger partial charge is 0.287 e. The Morgan fingerprint density at radius 3 is 2.84 bits per heavy atom. The zero-order chi connectivity index (χ0) is 14.4. The molecule has 1 aliphatic heterocycles. The number of H-pyrrole nitrogens is 1. The van der Waals surface area contributed by atoms with Crippen molar-refractivity contribution < 1.29 is 23.7 Å². The standard InChI is InChI=1S/C10H12F2N2O4S/c1-10(3-15)6(16)5(12)8(18-10)14-2-4(11)7(17)13-9(14)19/h2,5-6,8,15-16H,3H2,1H3,(H,13,17,19)/t5?,6-,8-,10-/m1/s1. The molecule has 0 saturated carbocycles. The summed E-state index contributed by atoms with van der Waals surface area (Å²) in [5, 5.41) is 18.8. The molecule has 4 atom stereocenters. The van der Waals surface area contributed by atoms with Crippen molar-refractivity contribution >= 4 is 12.2 Å². The van der Waals surface area contributed by atoms with Gasteiger partial charge in [0, 0.05) is 0 Å². The lowest BCUT2D eigenvalue weighted by atomic mass is 9.99. The highest BCUT2D eigenvalue weighted by Crippen LogP contribution is 2.38. The third kappa shape index (κ3) is 2.22. The van der Waals surface area contributed by atoms with Gasteiger partial charge in [0.05, 0.1) is 12.8 Å². The Labute approximate surface area is 111 Å². The lowest BCUT2D eigenvalue weighted by Crippen LogP contribution is -2.42. The molecule has 1 unspecified atom stereocenters. The zero-order valence-corrected chi connectivity index (χ0v) is 10.7. The van der Waals surface area contributed by atoms with Crippen LogP contribution in [0.15, 0.2) is 11.0 Å². The third-order valence-corrected chi connectivity index (χ3v) is 3.41. The predicted octanol–water partition coefficient (Wildman–Crippen LogP) is 0.0238. The number of aliphatic hydroxyl groups is 2. The van der Waals surface area contributed by atoms with Crippen molar-refractivity contribution in [2.75, 3.05) is 6.61 Å². The maximum atomic E-state index is 14.0. The Hall–Kier alpha value is -1.16. The SMILES string of the molecule is C[C@]1(CO)O[C@@H](n2cc(F)c(=O)[nH]c2=S)C(F)[C@H]1O. The quantitative estimate of drug-likeness (QED) is 0.670. The van der Waals surface area contributed by atoms with Crippen LogP contribution in [0.2, 0.25) is 0 Å². The van der Waals surface area contributed by atoms with E-state index in [0.29, 0.717) is 6.20 Å². The molecule has 1 saturated heterocycles. The van der Waals surface area contributed by atoms with Gasteiger partial charge in [-0.2, -0.15) is 4.39 Å². The van der Waals surface area contributed by atoms with Crippen LogP contribution in [-0.4, -0.2) is 44.2 Å². The largest absolute Gasteiger partial charge is 0.393 e. The summed E-state index contributed by atoms with van der Waals surface area (Å²) in [5.74, 6) is -1.16. The second kappa shape index (κ2) is 4.75. The van der Waals surface area contributed by atoms with Gasteiger partial charge in [-0.05, 0) is 19.1 Å². The Bertz CT molecular complexity index is 604. The van der Waals surface area contributed by atoms with E-state index in [2.05, 4.69) is 0 Å². The lowest BCUT2D eigenvalue weighted by molar-refractivity contribution is -0.117. The number of aromatic nitrogens is 2. The Kier molecular flexibility index (Phi) is 3.56. The van der Waals surface area contributed by atoms with E-state index < -0.39 is 42.1 Å². The molecule has 0 radical (unpaired) electrons. The molecular formula is C10H12F2N2O4S. The maximum Gasteiger partial charge on any atom is 0.287 e. The van der Waals surface area contributed by atoms with Crippen LogP contribution in [0.1, 0.15) is 13.2 Å². The molecule has 2 heterocycles. The third-order valence-electron chi connectivity index (χ3n) is 3.10. The normalized spacial score (nSPS) is 34.7. The van der Waals surface area contributed by atoms with E-state index in [-0.39, 0.29) is 4.77 Å². The number of aliphatic hydroxyl groups excluding tert-OH is 2. The number of nitrogens with zero attached hydrogens (tertiary/aromatic N) is 1. The van der Waals surface area contributed by atoms with Crippen LogP contribution >= 0.6 is 12.2 Å². The van der Waals surface area contributed by atoms with Gasteiger partial charge in [-0.15, -0.1) is 0 Å². The molecule has 1 fully saturated rings. The summed E-state index contributed by atoms with van der Waals surface area (Å²) >= 11 is 4.79. The number of alkyl halides is 1. The molecule has 0 amide bonds. The van der Waals surface area contributed by atoms with E-state index in [1.165, 1.54) is 6.92 Å². The van der Waals surface area contributed by atoms with Crippen LogP contribution in [0.3, 0.4) is 0 Å². The molecule has 1 aliphatic rings. The van der Waals surface area contributed by atoms with E-state index in [4.69, 9.17) is 22.1 Å². The number of hydrogen-bond donors (Lipinski definition) is 3. The first-order valence-corrected chi connectivity index (χ1v) is 5.83. The van der Waals surface area contributed by atoms with Crippen LogP contribution in [0.25, 0.3) is 0 Å². The van der Waals surface area contributed by atoms with Crippen molar-refractivity contribution in [2.45, 2.75) is 31.0 Å². The maximum absolute atomic E-state index is 14.0. The van der Waals surface area contributed by atoms with Crippen LogP contribution < -0.4 is 5.56 Å². The average molecular weight is 294 g/mol. The van der Waals surface area contributed by atoms with Gasteiger partial charge in [-0.25, -0.2) is 4.39 Å². The van der Waals surface area contributed by atoms with Crippen molar-refractivity contribution in [3.8, 4) is 0 Å². The fourth-order valence-corrected chi connectivity index (χ4v) is 2.14. The molecule has 9 heteroatoms. The molecule has 6 nitrogen and oxygen atoms in total. The fourth-order valence-electron chi connectivity index (χ4n) is 1.89. The van der Waals surface area contributed by atoms with Crippen LogP contribution in [-0.2, 0) is 4.74 Å². The molecule has 19 heavy (non-hydrogen) atoms. The summed E-state index contributed by atoms with van der Waals surface area (Å²) in [5.41, 5.74) is -2.55. The van der Waals surface area contributed by atoms with Crippen LogP contribution in [0.4, 0.5) is 8.78 Å². The Morgan fingerprint density at radius 2 is 2.32 bits per heavy atom. The first-order valence-electron chi connectivity index (χ1n) is 5.42. The van der Waals surface area contributed by atoms with Crippen LogP contribution in [0.5, 0.6) is 0 Å². The summed E-state index contributed by atoms with van der Waals surface area (Å²) < 4.78 is 33.0. The first kappa shape index (κ1) is 14.3. The van der Waals surface area contributed by atoms with E-state index in [1.54, 1.807) is 0 Å². The number of hydrogen-bond acceptors (Lipinski definition) is 5. The Balaban J connectivity index is 2.47. The fraction of sp³-hybridized carbons (Fsp3) is 0.600. The molecule has 0 aliphatic carbocycles. The van der Waals surface area contributed by atoms with Crippen LogP contribution in [0, 0.1) is 10.6 Å². The second-order valence-corrected chi connectivity index (χ2v) is 4.90. The molecule has 1 aromatic heterocycles. The molecule has 0 spiro atoms. The van der Waals surface area contributed by atoms with Gasteiger partial charge < -0.3 is 14.9 Å². The molecule has 1 aromatic rings. The van der Waals surface area contributed by atoms with E-state index in [9.17, 15) is 18.7 Å². The monoisotopic (exact) mass is 294 g/mol. The second-order valence-electron chi connectivity index (χ2n) is 4.51. The number of halogens is 2. The highest BCUT2D eigenvalue weighted by molar-refractivity contribution is 7.71. The minimum absolute atomic E-state index is 0.242. The average Bonchev–Trinajstić information content (AvgIpc) is 2.59. The van der Waals surface area contributed by atoms with Crippen molar-refractivity contribution in [1.82, 2.24) is 9.55 Å². The van der Waals surface area contributed by atoms with Crippen molar-refractivity contribution in [1.29, 1.82) is 0 Å². The van der Waals surface area contributed by atoms with Gasteiger partial charge in [0.25, 0.3) is 5.56 Å². The van der Waals surface area contributed by atoms with Gasteiger partial charge in [-0.3, -0.25) is 14.3 Å². The number of ether oxygens (including phenoxy) is 1. The first-order chi connectivity index (χ1) is 8.80. The molecule has 3 N–H and O–H groups in total. The molecule has 0 bridgehead atoms. The number of aromatic amines is 1. The minimum Gasteiger partial charge on any atom is -0.393 e. The van der Waals surface area contributed by atoms with Gasteiger partial charge in [0.15, 0.2) is 17.2 Å². The Morgan fingerprint density at radius 1 is 1.68 bits per heavy atom. The lowest BCUT2D eigenvalue weighted by Gasteiger charge is -2.24. The van der Waals surface area contributed by atoms with E-state index in [1.807, 2.05) is 4.98 Å². The van der Waals surface area contributed by atoms with E-state index >= 15 is 0 Å². The number of rotatable bonds is 2. The van der Waals surface area contributed by atoms with Gasteiger partial charge in [-0.1, -0.05) is 0 Å². The summed E-state index contributed by atoms with van der Waals surface area (Å²) in [6.45, 7) is 0.695. The molecule has 106 valence electrons. The highest BCUT2D eigenvalue weighted by Gasteiger charge is 2.53. The summed E-state index contributed by atoms with van der Waals surface area (Å²) in [4.78, 5) is 13.0. The van der Waals surface area contributed by atoms with Gasteiger partial charge >= 0.3 is 0 Å². The minimum atomic E-state index is -1.92. The van der Waals surface area contributed by atoms with Gasteiger partial charge in [0.1, 0.15) is 11.7 Å². The predicted molar refractivity (Wildman–Crippen MR) is 62.4 cm³/mol. The zero-order valence-electron chi connectivity index (χ0n) is 9.84. The van der Waals surface area contributed by atoms with E-state index in [0.717, 1.165) is 4.57 Å². The summed E-state index contributed by atoms with van der Waals surface area (Å²) in [6, 6.07) is 0. The molecule has 0 aromatic carbocycles. The topological polar surface area (TPSA) is 87.5 Å². The summed E-state index contributed by atoms with van der Waals surface area (Å²) in [6.07, 6.45) is -4.24. The van der Waals surface area contributed by atoms with Crippen molar-refractivity contribution in [3.63, 3.8) is 0 Å². The van der Waals surface area contributed by atoms with Crippen molar-refractivity contribution in [2.24, 2.45) is 0 Å². The molecular weight excluding hydrogens is 282 g/mol. The molecule has 2 rings (SSSR count). The van der Waals surface area contributed by atoms with Crippen molar-refractivity contribution in [3.05, 3.63) is 27.1 Å². The summed E-state index contributed by atoms with van der Waals surface area (Å²) in [7, 11) is 0. The number of nitrogens with one attached hydrogen (secondary N) is 1. The van der Waals surface area contributed by atoms with Gasteiger partial charge in [0.2, 0.25) is 5.82 Å².